The van der Waals surface area contributed by atoms with Crippen LogP contribution in [0.1, 0.15) is 30.0 Å². The number of rotatable bonds is 5. The SMILES string of the molecule is CC(c1ccccn1)C(Cn1cncn1)c1ccc(F)cc1F. The summed E-state index contributed by atoms with van der Waals surface area (Å²) in [5.74, 6) is -1.46. The number of halogens is 2. The van der Waals surface area contributed by atoms with Crippen LogP contribution >= 0.6 is 0 Å². The number of pyridine rings is 1. The Bertz CT molecular complexity index is 760. The quantitative estimate of drug-likeness (QED) is 0.723. The summed E-state index contributed by atoms with van der Waals surface area (Å²) < 4.78 is 29.2. The molecule has 118 valence electrons. The predicted molar refractivity (Wildman–Crippen MR) is 81.8 cm³/mol. The average Bonchev–Trinajstić information content (AvgIpc) is 3.07. The summed E-state index contributed by atoms with van der Waals surface area (Å²) in [6.07, 6.45) is 4.72. The first kappa shape index (κ1) is 15.3. The number of benzene rings is 1. The number of hydrogen-bond donors (Lipinski definition) is 0. The lowest BCUT2D eigenvalue weighted by atomic mass is 9.84. The molecule has 0 bridgehead atoms. The second-order valence-electron chi connectivity index (χ2n) is 5.43. The maximum absolute atomic E-state index is 14.3. The monoisotopic (exact) mass is 314 g/mol. The molecule has 23 heavy (non-hydrogen) atoms. The van der Waals surface area contributed by atoms with Crippen LogP contribution in [-0.4, -0.2) is 19.7 Å². The highest BCUT2D eigenvalue weighted by molar-refractivity contribution is 5.27. The molecule has 0 aliphatic heterocycles. The third-order valence-corrected chi connectivity index (χ3v) is 3.97. The van der Waals surface area contributed by atoms with Crippen LogP contribution in [0, 0.1) is 11.6 Å². The van der Waals surface area contributed by atoms with Gasteiger partial charge in [0.15, 0.2) is 0 Å². The van der Waals surface area contributed by atoms with E-state index < -0.39 is 11.6 Å². The first-order valence-corrected chi connectivity index (χ1v) is 7.33. The molecule has 0 amide bonds. The van der Waals surface area contributed by atoms with Crippen molar-refractivity contribution in [1.82, 2.24) is 19.7 Å². The van der Waals surface area contributed by atoms with E-state index in [1.165, 1.54) is 18.5 Å². The minimum absolute atomic E-state index is 0.0691. The van der Waals surface area contributed by atoms with Crippen molar-refractivity contribution in [3.8, 4) is 0 Å². The smallest absolute Gasteiger partial charge is 0.137 e. The Morgan fingerprint density at radius 3 is 2.70 bits per heavy atom. The maximum atomic E-state index is 14.3. The van der Waals surface area contributed by atoms with Crippen LogP contribution < -0.4 is 0 Å². The van der Waals surface area contributed by atoms with E-state index in [0.29, 0.717) is 12.1 Å². The topological polar surface area (TPSA) is 43.6 Å². The van der Waals surface area contributed by atoms with Crippen molar-refractivity contribution in [3.63, 3.8) is 0 Å². The van der Waals surface area contributed by atoms with E-state index >= 15 is 0 Å². The lowest BCUT2D eigenvalue weighted by Crippen LogP contribution is -2.18. The molecule has 0 radical (unpaired) electrons. The zero-order valence-electron chi connectivity index (χ0n) is 12.6. The summed E-state index contributed by atoms with van der Waals surface area (Å²) in [5.41, 5.74) is 1.29. The van der Waals surface area contributed by atoms with Crippen molar-refractivity contribution in [3.05, 3.63) is 78.1 Å². The molecule has 2 atom stereocenters. The number of nitrogens with zero attached hydrogens (tertiary/aromatic N) is 4. The lowest BCUT2D eigenvalue weighted by Gasteiger charge is -2.24. The summed E-state index contributed by atoms with van der Waals surface area (Å²) >= 11 is 0. The lowest BCUT2D eigenvalue weighted by molar-refractivity contribution is 0.437. The van der Waals surface area contributed by atoms with E-state index in [1.54, 1.807) is 17.2 Å². The van der Waals surface area contributed by atoms with E-state index in [0.717, 1.165) is 11.8 Å². The summed E-state index contributed by atoms with van der Waals surface area (Å²) in [7, 11) is 0. The van der Waals surface area contributed by atoms with Crippen LogP contribution in [0.25, 0.3) is 0 Å². The van der Waals surface area contributed by atoms with Gasteiger partial charge in [0, 0.05) is 29.8 Å². The fraction of sp³-hybridized carbons (Fsp3) is 0.235. The summed E-state index contributed by atoms with van der Waals surface area (Å²) in [5, 5.41) is 4.09. The first-order chi connectivity index (χ1) is 11.1. The highest BCUT2D eigenvalue weighted by Crippen LogP contribution is 2.34. The second kappa shape index (κ2) is 6.64. The van der Waals surface area contributed by atoms with Crippen LogP contribution in [0.3, 0.4) is 0 Å². The molecular formula is C17H16F2N4. The molecule has 3 aromatic rings. The number of aromatic nitrogens is 4. The van der Waals surface area contributed by atoms with Gasteiger partial charge >= 0.3 is 0 Å². The fourth-order valence-corrected chi connectivity index (χ4v) is 2.71. The predicted octanol–water partition coefficient (Wildman–Crippen LogP) is 3.54. The Balaban J connectivity index is 1.99. The van der Waals surface area contributed by atoms with Crippen LogP contribution in [0.4, 0.5) is 8.78 Å². The van der Waals surface area contributed by atoms with Gasteiger partial charge in [-0.2, -0.15) is 5.10 Å². The van der Waals surface area contributed by atoms with Crippen molar-refractivity contribution < 1.29 is 8.78 Å². The molecule has 2 heterocycles. The van der Waals surface area contributed by atoms with Crippen molar-refractivity contribution in [2.24, 2.45) is 0 Å². The van der Waals surface area contributed by atoms with Gasteiger partial charge in [-0.05, 0) is 23.8 Å². The van der Waals surface area contributed by atoms with Gasteiger partial charge in [-0.1, -0.05) is 19.1 Å². The van der Waals surface area contributed by atoms with E-state index in [2.05, 4.69) is 15.1 Å². The molecule has 0 N–H and O–H groups in total. The minimum Gasteiger partial charge on any atom is -0.261 e. The summed E-state index contributed by atoms with van der Waals surface area (Å²) in [4.78, 5) is 8.28. The van der Waals surface area contributed by atoms with Crippen molar-refractivity contribution in [2.75, 3.05) is 0 Å². The van der Waals surface area contributed by atoms with Crippen LogP contribution in [0.15, 0.2) is 55.2 Å². The maximum Gasteiger partial charge on any atom is 0.137 e. The van der Waals surface area contributed by atoms with Gasteiger partial charge in [0.05, 0.1) is 6.54 Å². The molecule has 0 aliphatic rings. The van der Waals surface area contributed by atoms with E-state index in [9.17, 15) is 8.78 Å². The summed E-state index contributed by atoms with van der Waals surface area (Å²) in [6.45, 7) is 2.41. The molecule has 4 nitrogen and oxygen atoms in total. The van der Waals surface area contributed by atoms with E-state index in [1.807, 2.05) is 25.1 Å². The molecule has 2 aromatic heterocycles. The molecule has 3 rings (SSSR count). The molecule has 2 unspecified atom stereocenters. The van der Waals surface area contributed by atoms with Gasteiger partial charge in [0.25, 0.3) is 0 Å². The van der Waals surface area contributed by atoms with E-state index in [-0.39, 0.29) is 11.8 Å². The fourth-order valence-electron chi connectivity index (χ4n) is 2.71. The Morgan fingerprint density at radius 2 is 2.04 bits per heavy atom. The molecule has 0 spiro atoms. The zero-order valence-corrected chi connectivity index (χ0v) is 12.6. The van der Waals surface area contributed by atoms with Gasteiger partial charge in [-0.15, -0.1) is 0 Å². The highest BCUT2D eigenvalue weighted by atomic mass is 19.1. The van der Waals surface area contributed by atoms with Gasteiger partial charge < -0.3 is 0 Å². The Morgan fingerprint density at radius 1 is 1.17 bits per heavy atom. The van der Waals surface area contributed by atoms with Gasteiger partial charge in [0.1, 0.15) is 24.3 Å². The average molecular weight is 314 g/mol. The third kappa shape index (κ3) is 3.41. The Hall–Kier alpha value is -2.63. The zero-order chi connectivity index (χ0) is 16.2. The number of hydrogen-bond acceptors (Lipinski definition) is 3. The normalized spacial score (nSPS) is 13.7. The van der Waals surface area contributed by atoms with Crippen molar-refractivity contribution in [1.29, 1.82) is 0 Å². The second-order valence-corrected chi connectivity index (χ2v) is 5.43. The Labute approximate surface area is 132 Å². The Kier molecular flexibility index (Phi) is 4.41. The molecule has 0 saturated heterocycles. The first-order valence-electron chi connectivity index (χ1n) is 7.33. The molecular weight excluding hydrogens is 298 g/mol. The van der Waals surface area contributed by atoms with Crippen LogP contribution in [-0.2, 0) is 6.54 Å². The largest absolute Gasteiger partial charge is 0.261 e. The molecule has 0 fully saturated rings. The third-order valence-electron chi connectivity index (χ3n) is 3.97. The van der Waals surface area contributed by atoms with Gasteiger partial charge in [-0.25, -0.2) is 13.8 Å². The van der Waals surface area contributed by atoms with E-state index in [4.69, 9.17) is 0 Å². The minimum atomic E-state index is -0.587. The molecule has 1 aromatic carbocycles. The molecule has 0 aliphatic carbocycles. The molecule has 6 heteroatoms. The summed E-state index contributed by atoms with van der Waals surface area (Å²) in [6, 6.07) is 9.31. The van der Waals surface area contributed by atoms with Crippen LogP contribution in [0.5, 0.6) is 0 Å². The van der Waals surface area contributed by atoms with Crippen LogP contribution in [0.2, 0.25) is 0 Å². The van der Waals surface area contributed by atoms with Gasteiger partial charge in [0.2, 0.25) is 0 Å². The van der Waals surface area contributed by atoms with Crippen molar-refractivity contribution in [2.45, 2.75) is 25.3 Å². The molecule has 0 saturated carbocycles. The standard InChI is InChI=1S/C17H16F2N4/c1-12(17-4-2-3-7-21-17)15(9-23-11-20-10-22-23)14-6-5-13(18)8-16(14)19/h2-8,10-12,15H,9H2,1H3. The highest BCUT2D eigenvalue weighted by Gasteiger charge is 2.25. The van der Waals surface area contributed by atoms with Gasteiger partial charge in [-0.3, -0.25) is 9.67 Å². The van der Waals surface area contributed by atoms with Crippen molar-refractivity contribution >= 4 is 0 Å².